The third-order valence-electron chi connectivity index (χ3n) is 3.72. The van der Waals surface area contributed by atoms with Crippen molar-refractivity contribution in [3.8, 4) is 0 Å². The van der Waals surface area contributed by atoms with Gasteiger partial charge in [-0.25, -0.2) is 4.98 Å². The summed E-state index contributed by atoms with van der Waals surface area (Å²) in [5.41, 5.74) is 0.343. The predicted octanol–water partition coefficient (Wildman–Crippen LogP) is 2.90. The molecule has 0 bridgehead atoms. The number of hydrogen-bond donors (Lipinski definition) is 2. The summed E-state index contributed by atoms with van der Waals surface area (Å²) in [6, 6.07) is 0.498. The highest BCUT2D eigenvalue weighted by Gasteiger charge is 2.32. The first-order chi connectivity index (χ1) is 8.12. The van der Waals surface area contributed by atoms with Crippen molar-refractivity contribution in [1.29, 1.82) is 0 Å². The number of hydrogen-bond acceptors (Lipinski definition) is 4. The van der Waals surface area contributed by atoms with E-state index in [-0.39, 0.29) is 0 Å². The van der Waals surface area contributed by atoms with E-state index in [9.17, 15) is 0 Å². The van der Waals surface area contributed by atoms with Crippen LogP contribution in [0.4, 0.5) is 11.6 Å². The number of nitrogens with zero attached hydrogens (tertiary/aromatic N) is 2. The Morgan fingerprint density at radius 1 is 1.24 bits per heavy atom. The van der Waals surface area contributed by atoms with Gasteiger partial charge in [0, 0.05) is 13.1 Å². The van der Waals surface area contributed by atoms with E-state index in [2.05, 4.69) is 34.4 Å². The largest absolute Gasteiger partial charge is 0.372 e. The minimum atomic E-state index is 0.343. The Labute approximate surface area is 103 Å². The fourth-order valence-corrected chi connectivity index (χ4v) is 2.50. The van der Waals surface area contributed by atoms with Crippen molar-refractivity contribution in [2.24, 2.45) is 5.41 Å². The van der Waals surface area contributed by atoms with E-state index in [1.807, 2.05) is 7.05 Å². The lowest BCUT2D eigenvalue weighted by atomic mass is 9.73. The predicted molar refractivity (Wildman–Crippen MR) is 71.2 cm³/mol. The SMILES string of the molecule is CNc1cncc(NC2CCCCC2(C)C)n1. The van der Waals surface area contributed by atoms with Crippen molar-refractivity contribution in [3.63, 3.8) is 0 Å². The number of aromatic nitrogens is 2. The lowest BCUT2D eigenvalue weighted by molar-refractivity contribution is 0.216. The smallest absolute Gasteiger partial charge is 0.147 e. The van der Waals surface area contributed by atoms with Crippen LogP contribution in [0.5, 0.6) is 0 Å². The molecule has 4 nitrogen and oxygen atoms in total. The normalized spacial score (nSPS) is 23.1. The van der Waals surface area contributed by atoms with Crippen molar-refractivity contribution in [3.05, 3.63) is 12.4 Å². The molecule has 0 aromatic carbocycles. The second-order valence-corrected chi connectivity index (χ2v) is 5.47. The molecule has 1 aliphatic carbocycles. The van der Waals surface area contributed by atoms with Crippen LogP contribution in [-0.4, -0.2) is 23.1 Å². The molecular formula is C13H22N4. The standard InChI is InChI=1S/C13H22N4/c1-13(2)7-5-4-6-10(13)16-12-9-15-8-11(14-3)17-12/h8-10H,4-7H2,1-3H3,(H2,14,16,17). The van der Waals surface area contributed by atoms with Crippen molar-refractivity contribution in [2.75, 3.05) is 17.7 Å². The number of rotatable bonds is 3. The van der Waals surface area contributed by atoms with Crippen molar-refractivity contribution in [1.82, 2.24) is 9.97 Å². The highest BCUT2D eigenvalue weighted by molar-refractivity contribution is 5.42. The summed E-state index contributed by atoms with van der Waals surface area (Å²) in [6.45, 7) is 4.67. The van der Waals surface area contributed by atoms with E-state index in [4.69, 9.17) is 0 Å². The van der Waals surface area contributed by atoms with Gasteiger partial charge in [0.15, 0.2) is 0 Å². The first-order valence-corrected chi connectivity index (χ1v) is 6.38. The van der Waals surface area contributed by atoms with Crippen LogP contribution in [0.2, 0.25) is 0 Å². The molecule has 1 aliphatic rings. The van der Waals surface area contributed by atoms with Crippen LogP contribution in [-0.2, 0) is 0 Å². The van der Waals surface area contributed by atoms with E-state index in [1.165, 1.54) is 25.7 Å². The Morgan fingerprint density at radius 3 is 2.71 bits per heavy atom. The average molecular weight is 234 g/mol. The van der Waals surface area contributed by atoms with Gasteiger partial charge in [-0.3, -0.25) is 4.98 Å². The molecule has 2 N–H and O–H groups in total. The first-order valence-electron chi connectivity index (χ1n) is 6.38. The molecule has 0 spiro atoms. The third kappa shape index (κ3) is 2.87. The lowest BCUT2D eigenvalue weighted by Crippen LogP contribution is -2.39. The van der Waals surface area contributed by atoms with E-state index in [0.29, 0.717) is 11.5 Å². The maximum absolute atomic E-state index is 4.47. The summed E-state index contributed by atoms with van der Waals surface area (Å²) < 4.78 is 0. The van der Waals surface area contributed by atoms with Gasteiger partial charge in [0.25, 0.3) is 0 Å². The second kappa shape index (κ2) is 4.90. The summed E-state index contributed by atoms with van der Waals surface area (Å²) in [7, 11) is 1.86. The Kier molecular flexibility index (Phi) is 3.50. The maximum Gasteiger partial charge on any atom is 0.147 e. The summed E-state index contributed by atoms with van der Waals surface area (Å²) >= 11 is 0. The van der Waals surface area contributed by atoms with Gasteiger partial charge in [0.2, 0.25) is 0 Å². The summed E-state index contributed by atoms with van der Waals surface area (Å²) in [6.07, 6.45) is 8.68. The van der Waals surface area contributed by atoms with Crippen LogP contribution < -0.4 is 10.6 Å². The van der Waals surface area contributed by atoms with Crippen LogP contribution >= 0.6 is 0 Å². The van der Waals surface area contributed by atoms with Gasteiger partial charge >= 0.3 is 0 Å². The molecule has 0 amide bonds. The average Bonchev–Trinajstić information content (AvgIpc) is 2.32. The van der Waals surface area contributed by atoms with Gasteiger partial charge in [0.05, 0.1) is 12.4 Å². The minimum absolute atomic E-state index is 0.343. The Balaban J connectivity index is 2.08. The molecule has 1 aromatic rings. The third-order valence-corrected chi connectivity index (χ3v) is 3.72. The second-order valence-electron chi connectivity index (χ2n) is 5.47. The molecule has 0 radical (unpaired) electrons. The molecule has 1 aromatic heterocycles. The van der Waals surface area contributed by atoms with Crippen LogP contribution in [0.1, 0.15) is 39.5 Å². The zero-order valence-electron chi connectivity index (χ0n) is 11.0. The highest BCUT2D eigenvalue weighted by atomic mass is 15.1. The molecule has 2 rings (SSSR count). The van der Waals surface area contributed by atoms with Gasteiger partial charge in [-0.15, -0.1) is 0 Å². The van der Waals surface area contributed by atoms with Crippen LogP contribution in [0.15, 0.2) is 12.4 Å². The van der Waals surface area contributed by atoms with Gasteiger partial charge in [-0.2, -0.15) is 0 Å². The molecule has 94 valence electrons. The minimum Gasteiger partial charge on any atom is -0.372 e. The molecule has 1 fully saturated rings. The van der Waals surface area contributed by atoms with Gasteiger partial charge in [-0.1, -0.05) is 26.7 Å². The molecule has 1 heterocycles. The first kappa shape index (κ1) is 12.1. The molecule has 1 saturated carbocycles. The molecule has 4 heteroatoms. The molecule has 1 unspecified atom stereocenters. The lowest BCUT2D eigenvalue weighted by Gasteiger charge is -2.39. The molecular weight excluding hydrogens is 212 g/mol. The van der Waals surface area contributed by atoms with Crippen molar-refractivity contribution >= 4 is 11.6 Å². The molecule has 0 aliphatic heterocycles. The molecule has 1 atom stereocenters. The summed E-state index contributed by atoms with van der Waals surface area (Å²) in [5.74, 6) is 1.68. The number of nitrogens with one attached hydrogen (secondary N) is 2. The molecule has 17 heavy (non-hydrogen) atoms. The number of anilines is 2. The maximum atomic E-state index is 4.47. The van der Waals surface area contributed by atoms with Crippen LogP contribution in [0, 0.1) is 5.41 Å². The van der Waals surface area contributed by atoms with E-state index < -0.39 is 0 Å². The van der Waals surface area contributed by atoms with E-state index in [0.717, 1.165) is 11.6 Å². The zero-order chi connectivity index (χ0) is 12.3. The quantitative estimate of drug-likeness (QED) is 0.844. The zero-order valence-corrected chi connectivity index (χ0v) is 11.0. The Bertz CT molecular complexity index is 375. The van der Waals surface area contributed by atoms with Gasteiger partial charge < -0.3 is 10.6 Å². The highest BCUT2D eigenvalue weighted by Crippen LogP contribution is 2.36. The molecule has 0 saturated heterocycles. The van der Waals surface area contributed by atoms with Crippen molar-refractivity contribution in [2.45, 2.75) is 45.6 Å². The van der Waals surface area contributed by atoms with Crippen LogP contribution in [0.25, 0.3) is 0 Å². The van der Waals surface area contributed by atoms with E-state index >= 15 is 0 Å². The van der Waals surface area contributed by atoms with Gasteiger partial charge in [0.1, 0.15) is 11.6 Å². The summed E-state index contributed by atoms with van der Waals surface area (Å²) in [4.78, 5) is 8.65. The summed E-state index contributed by atoms with van der Waals surface area (Å²) in [5, 5.41) is 6.54. The fourth-order valence-electron chi connectivity index (χ4n) is 2.50. The van der Waals surface area contributed by atoms with E-state index in [1.54, 1.807) is 12.4 Å². The van der Waals surface area contributed by atoms with Crippen molar-refractivity contribution < 1.29 is 0 Å². The topological polar surface area (TPSA) is 49.8 Å². The van der Waals surface area contributed by atoms with Gasteiger partial charge in [-0.05, 0) is 18.3 Å². The fraction of sp³-hybridized carbons (Fsp3) is 0.692. The van der Waals surface area contributed by atoms with Crippen LogP contribution in [0.3, 0.4) is 0 Å². The monoisotopic (exact) mass is 234 g/mol. The Morgan fingerprint density at radius 2 is 2.00 bits per heavy atom. The Hall–Kier alpha value is -1.32.